The molecule has 21 heavy (non-hydrogen) atoms. The Morgan fingerprint density at radius 1 is 1.52 bits per heavy atom. The molecule has 0 amide bonds. The molecule has 0 fully saturated rings. The van der Waals surface area contributed by atoms with Crippen molar-refractivity contribution in [2.45, 2.75) is 30.1 Å². The Morgan fingerprint density at radius 2 is 2.29 bits per heavy atom. The molecule has 0 aliphatic carbocycles. The Hall–Kier alpha value is -1.71. The summed E-state index contributed by atoms with van der Waals surface area (Å²) in [5.41, 5.74) is 0. The van der Waals surface area contributed by atoms with E-state index in [-0.39, 0.29) is 16.7 Å². The van der Waals surface area contributed by atoms with Gasteiger partial charge in [0.25, 0.3) is 0 Å². The van der Waals surface area contributed by atoms with Crippen LogP contribution < -0.4 is 4.72 Å². The normalized spacial score (nSPS) is 13.2. The maximum atomic E-state index is 12.2. The molecule has 2 N–H and O–H groups in total. The van der Waals surface area contributed by atoms with E-state index in [4.69, 9.17) is 5.11 Å². The fourth-order valence-corrected chi connectivity index (χ4v) is 4.39. The van der Waals surface area contributed by atoms with E-state index in [1.54, 1.807) is 30.1 Å². The van der Waals surface area contributed by atoms with Gasteiger partial charge >= 0.3 is 5.97 Å². The maximum Gasteiger partial charge on any atom is 0.308 e. The Balaban J connectivity index is 2.03. The molecule has 0 radical (unpaired) electrons. The third-order valence-corrected chi connectivity index (χ3v) is 5.77. The summed E-state index contributed by atoms with van der Waals surface area (Å²) >= 11 is 0.964. The molecule has 0 aliphatic heterocycles. The summed E-state index contributed by atoms with van der Waals surface area (Å²) in [6, 6.07) is 4.37. The number of sulfonamides is 1. The lowest BCUT2D eigenvalue weighted by Crippen LogP contribution is -2.35. The average molecular weight is 329 g/mol. The molecule has 0 aliphatic rings. The minimum absolute atomic E-state index is 0.117. The van der Waals surface area contributed by atoms with E-state index >= 15 is 0 Å². The van der Waals surface area contributed by atoms with Gasteiger partial charge in [0.05, 0.1) is 13.0 Å². The van der Waals surface area contributed by atoms with E-state index in [0.29, 0.717) is 11.4 Å². The molecule has 2 aromatic rings. The summed E-state index contributed by atoms with van der Waals surface area (Å²) in [4.78, 5) is 11.1. The molecule has 0 saturated heterocycles. The largest absolute Gasteiger partial charge is 0.481 e. The molecule has 0 bridgehead atoms. The number of hydrogen-bond acceptors (Lipinski definition) is 5. The quantitative estimate of drug-likeness (QED) is 0.787. The third-order valence-electron chi connectivity index (χ3n) is 2.60. The minimum atomic E-state index is -3.64. The number of hydrogen-bond donors (Lipinski definition) is 2. The summed E-state index contributed by atoms with van der Waals surface area (Å²) < 4.78 is 28.7. The van der Waals surface area contributed by atoms with Gasteiger partial charge in [-0.3, -0.25) is 9.48 Å². The Bertz CT molecular complexity index is 707. The van der Waals surface area contributed by atoms with Crippen LogP contribution in [0.1, 0.15) is 11.8 Å². The standard InChI is InChI=1S/C12H15N3O4S2/c1-9(8-15-6-2-5-13-15)14-21(18,19)12-4-3-10(20-12)7-11(16)17/h2-6,9,14H,7-8H2,1H3,(H,16,17). The van der Waals surface area contributed by atoms with Gasteiger partial charge in [-0.15, -0.1) is 11.3 Å². The molecule has 0 aromatic carbocycles. The summed E-state index contributed by atoms with van der Waals surface area (Å²) in [5.74, 6) is -0.985. The first kappa shape index (κ1) is 15.7. The Labute approximate surface area is 126 Å². The lowest BCUT2D eigenvalue weighted by Gasteiger charge is -2.13. The van der Waals surface area contributed by atoms with Crippen molar-refractivity contribution in [3.05, 3.63) is 35.5 Å². The molecule has 2 aromatic heterocycles. The van der Waals surface area contributed by atoms with E-state index in [1.165, 1.54) is 12.1 Å². The van der Waals surface area contributed by atoms with Gasteiger partial charge in [-0.2, -0.15) is 5.10 Å². The molecular formula is C12H15N3O4S2. The van der Waals surface area contributed by atoms with Crippen LogP contribution in [-0.4, -0.2) is 35.3 Å². The highest BCUT2D eigenvalue weighted by Gasteiger charge is 2.20. The second-order valence-corrected chi connectivity index (χ2v) is 7.65. The molecule has 9 heteroatoms. The molecule has 114 valence electrons. The van der Waals surface area contributed by atoms with Gasteiger partial charge in [-0.05, 0) is 25.1 Å². The smallest absolute Gasteiger partial charge is 0.308 e. The van der Waals surface area contributed by atoms with Gasteiger partial charge in [0.2, 0.25) is 10.0 Å². The zero-order valence-corrected chi connectivity index (χ0v) is 12.9. The van der Waals surface area contributed by atoms with Gasteiger partial charge in [-0.1, -0.05) is 0 Å². The number of carboxylic acids is 1. The van der Waals surface area contributed by atoms with Gasteiger partial charge in [0.15, 0.2) is 0 Å². The highest BCUT2D eigenvalue weighted by molar-refractivity contribution is 7.91. The van der Waals surface area contributed by atoms with Gasteiger partial charge in [0.1, 0.15) is 4.21 Å². The van der Waals surface area contributed by atoms with Crippen LogP contribution in [-0.2, 0) is 27.8 Å². The fraction of sp³-hybridized carbons (Fsp3) is 0.333. The molecule has 2 rings (SSSR count). The third kappa shape index (κ3) is 4.38. The fourth-order valence-electron chi connectivity index (χ4n) is 1.80. The number of carboxylic acid groups (broad SMARTS) is 1. The number of rotatable bonds is 7. The predicted molar refractivity (Wildman–Crippen MR) is 77.7 cm³/mol. The van der Waals surface area contributed by atoms with Crippen molar-refractivity contribution in [2.24, 2.45) is 0 Å². The topological polar surface area (TPSA) is 101 Å². The molecular weight excluding hydrogens is 314 g/mol. The highest BCUT2D eigenvalue weighted by Crippen LogP contribution is 2.22. The van der Waals surface area contributed by atoms with Crippen LogP contribution in [0.2, 0.25) is 0 Å². The van der Waals surface area contributed by atoms with Gasteiger partial charge in [-0.25, -0.2) is 13.1 Å². The molecule has 0 saturated carbocycles. The van der Waals surface area contributed by atoms with Crippen LogP contribution >= 0.6 is 11.3 Å². The zero-order chi connectivity index (χ0) is 15.5. The predicted octanol–water partition coefficient (Wildman–Crippen LogP) is 0.939. The highest BCUT2D eigenvalue weighted by atomic mass is 32.2. The Kier molecular flexibility index (Phi) is 4.76. The lowest BCUT2D eigenvalue weighted by atomic mass is 10.3. The van der Waals surface area contributed by atoms with Crippen molar-refractivity contribution < 1.29 is 18.3 Å². The molecule has 7 nitrogen and oxygen atoms in total. The van der Waals surface area contributed by atoms with E-state index in [1.807, 2.05) is 0 Å². The molecule has 1 unspecified atom stereocenters. The van der Waals surface area contributed by atoms with Gasteiger partial charge in [0, 0.05) is 23.3 Å². The maximum absolute atomic E-state index is 12.2. The van der Waals surface area contributed by atoms with E-state index in [9.17, 15) is 13.2 Å². The van der Waals surface area contributed by atoms with E-state index in [2.05, 4.69) is 9.82 Å². The van der Waals surface area contributed by atoms with Crippen LogP contribution in [0.3, 0.4) is 0 Å². The molecule has 0 spiro atoms. The minimum Gasteiger partial charge on any atom is -0.481 e. The van der Waals surface area contributed by atoms with Crippen molar-refractivity contribution in [3.8, 4) is 0 Å². The molecule has 2 heterocycles. The van der Waals surface area contributed by atoms with Crippen LogP contribution in [0.5, 0.6) is 0 Å². The first-order valence-electron chi connectivity index (χ1n) is 6.17. The summed E-state index contributed by atoms with van der Waals surface area (Å²) in [6.07, 6.45) is 3.20. The number of nitrogens with one attached hydrogen (secondary N) is 1. The zero-order valence-electron chi connectivity index (χ0n) is 11.3. The number of aromatic nitrogens is 2. The first-order valence-corrected chi connectivity index (χ1v) is 8.47. The van der Waals surface area contributed by atoms with Crippen molar-refractivity contribution in [2.75, 3.05) is 0 Å². The summed E-state index contributed by atoms with van der Waals surface area (Å²) in [5, 5.41) is 12.7. The van der Waals surface area contributed by atoms with Crippen molar-refractivity contribution in [3.63, 3.8) is 0 Å². The number of nitrogens with zero attached hydrogens (tertiary/aromatic N) is 2. The second-order valence-electron chi connectivity index (χ2n) is 4.54. The first-order chi connectivity index (χ1) is 9.87. The monoisotopic (exact) mass is 329 g/mol. The van der Waals surface area contributed by atoms with Crippen LogP contribution in [0.4, 0.5) is 0 Å². The van der Waals surface area contributed by atoms with Crippen LogP contribution in [0, 0.1) is 0 Å². The number of carbonyl (C=O) groups is 1. The Morgan fingerprint density at radius 3 is 2.90 bits per heavy atom. The van der Waals surface area contributed by atoms with Crippen molar-refractivity contribution >= 4 is 27.3 Å². The van der Waals surface area contributed by atoms with Gasteiger partial charge < -0.3 is 5.11 Å². The second kappa shape index (κ2) is 6.37. The average Bonchev–Trinajstić information content (AvgIpc) is 2.98. The number of thiophene rings is 1. The van der Waals surface area contributed by atoms with E-state index < -0.39 is 16.0 Å². The van der Waals surface area contributed by atoms with Crippen LogP contribution in [0.25, 0.3) is 0 Å². The van der Waals surface area contributed by atoms with Crippen LogP contribution in [0.15, 0.2) is 34.8 Å². The van der Waals surface area contributed by atoms with E-state index in [0.717, 1.165) is 11.3 Å². The summed E-state index contributed by atoms with van der Waals surface area (Å²) in [6.45, 7) is 2.16. The van der Waals surface area contributed by atoms with Crippen molar-refractivity contribution in [1.29, 1.82) is 0 Å². The lowest BCUT2D eigenvalue weighted by molar-refractivity contribution is -0.136. The summed E-state index contributed by atoms with van der Waals surface area (Å²) in [7, 11) is -3.64. The molecule has 1 atom stereocenters. The van der Waals surface area contributed by atoms with Crippen molar-refractivity contribution in [1.82, 2.24) is 14.5 Å². The SMILES string of the molecule is CC(Cn1cccn1)NS(=O)(=O)c1ccc(CC(=O)O)s1. The number of aliphatic carboxylic acids is 1.